The molecular weight excluding hydrogens is 418 g/mol. The quantitative estimate of drug-likeness (QED) is 0.599. The van der Waals surface area contributed by atoms with Gasteiger partial charge in [0.25, 0.3) is 5.91 Å². The molecule has 1 N–H and O–H groups in total. The summed E-state index contributed by atoms with van der Waals surface area (Å²) in [7, 11) is 0. The highest BCUT2D eigenvalue weighted by Crippen LogP contribution is 2.54. The van der Waals surface area contributed by atoms with Crippen LogP contribution in [0.2, 0.25) is 0 Å². The number of nitrogens with one attached hydrogen (secondary N) is 1. The van der Waals surface area contributed by atoms with Crippen molar-refractivity contribution in [2.45, 2.75) is 25.3 Å². The summed E-state index contributed by atoms with van der Waals surface area (Å²) in [5, 5.41) is 2.98. The Morgan fingerprint density at radius 2 is 1.78 bits per heavy atom. The van der Waals surface area contributed by atoms with Crippen molar-refractivity contribution in [3.63, 3.8) is 0 Å². The van der Waals surface area contributed by atoms with Crippen LogP contribution >= 0.6 is 11.8 Å². The number of carbonyl (C=O) groups excluding carboxylic acids is 2. The van der Waals surface area contributed by atoms with Gasteiger partial charge in [-0.1, -0.05) is 65.7 Å². The standard InChI is InChI=1S/C26H25N3O2S/c1-18-7-6-8-20(15-18)17-28-23-12-11-19(2)16-22(23)26(24(28)30)29(13-14-32-26)25(31)27-21-9-4-3-5-10-21/h3-12,15-16H,13-14,17H2,1-2H3,(H,27,31)/t26-/m1/s1. The number of anilines is 2. The lowest BCUT2D eigenvalue weighted by molar-refractivity contribution is -0.123. The molecule has 32 heavy (non-hydrogen) atoms. The third kappa shape index (κ3) is 3.35. The highest BCUT2D eigenvalue weighted by molar-refractivity contribution is 8.01. The van der Waals surface area contributed by atoms with Gasteiger partial charge in [0.2, 0.25) is 0 Å². The van der Waals surface area contributed by atoms with Crippen molar-refractivity contribution in [2.75, 3.05) is 22.5 Å². The summed E-state index contributed by atoms with van der Waals surface area (Å²) in [6, 6.07) is 23.4. The number of benzene rings is 3. The normalized spacial score (nSPS) is 19.5. The topological polar surface area (TPSA) is 52.7 Å². The van der Waals surface area contributed by atoms with E-state index in [1.807, 2.05) is 66.4 Å². The van der Waals surface area contributed by atoms with Crippen LogP contribution in [-0.4, -0.2) is 29.1 Å². The van der Waals surface area contributed by atoms with E-state index >= 15 is 0 Å². The number of amides is 3. The number of aryl methyl sites for hydroxylation is 2. The highest BCUT2D eigenvalue weighted by atomic mass is 32.2. The molecule has 1 atom stereocenters. The molecule has 3 amide bonds. The fourth-order valence-electron chi connectivity index (χ4n) is 4.59. The molecule has 0 unspecified atom stereocenters. The van der Waals surface area contributed by atoms with Gasteiger partial charge < -0.3 is 10.2 Å². The summed E-state index contributed by atoms with van der Waals surface area (Å²) >= 11 is 1.55. The molecule has 162 valence electrons. The molecule has 2 heterocycles. The predicted octanol–water partition coefficient (Wildman–Crippen LogP) is 5.28. The van der Waals surface area contributed by atoms with Crippen LogP contribution in [0.3, 0.4) is 0 Å². The minimum Gasteiger partial charge on any atom is -0.308 e. The fraction of sp³-hybridized carbons (Fsp3) is 0.231. The summed E-state index contributed by atoms with van der Waals surface area (Å²) in [4.78, 5) is 29.9. The number of thioether (sulfide) groups is 1. The van der Waals surface area contributed by atoms with E-state index in [0.29, 0.717) is 18.8 Å². The van der Waals surface area contributed by atoms with Crippen molar-refractivity contribution < 1.29 is 9.59 Å². The Balaban J connectivity index is 1.54. The molecule has 3 aromatic carbocycles. The number of carbonyl (C=O) groups is 2. The molecule has 0 aliphatic carbocycles. The first kappa shape index (κ1) is 20.6. The van der Waals surface area contributed by atoms with E-state index in [2.05, 4.69) is 30.4 Å². The molecule has 0 bridgehead atoms. The average molecular weight is 444 g/mol. The summed E-state index contributed by atoms with van der Waals surface area (Å²) in [5.41, 5.74) is 5.81. The highest BCUT2D eigenvalue weighted by Gasteiger charge is 2.59. The first-order valence-electron chi connectivity index (χ1n) is 10.8. The van der Waals surface area contributed by atoms with Gasteiger partial charge in [-0.2, -0.15) is 0 Å². The average Bonchev–Trinajstić information content (AvgIpc) is 3.32. The van der Waals surface area contributed by atoms with E-state index in [4.69, 9.17) is 0 Å². The first-order chi connectivity index (χ1) is 15.5. The largest absolute Gasteiger partial charge is 0.323 e. The van der Waals surface area contributed by atoms with Gasteiger partial charge in [0.15, 0.2) is 4.87 Å². The molecule has 5 rings (SSSR count). The zero-order valence-corrected chi connectivity index (χ0v) is 19.0. The Bertz CT molecular complexity index is 1200. The predicted molar refractivity (Wildman–Crippen MR) is 130 cm³/mol. The Morgan fingerprint density at radius 3 is 2.56 bits per heavy atom. The fourth-order valence-corrected chi connectivity index (χ4v) is 6.04. The lowest BCUT2D eigenvalue weighted by Gasteiger charge is -2.33. The lowest BCUT2D eigenvalue weighted by atomic mass is 10.0. The molecule has 1 fully saturated rings. The summed E-state index contributed by atoms with van der Waals surface area (Å²) in [6.45, 7) is 5.07. The van der Waals surface area contributed by atoms with E-state index in [1.54, 1.807) is 16.7 Å². The van der Waals surface area contributed by atoms with E-state index in [0.717, 1.165) is 33.6 Å². The Morgan fingerprint density at radius 1 is 1.00 bits per heavy atom. The van der Waals surface area contributed by atoms with Crippen LogP contribution < -0.4 is 10.2 Å². The van der Waals surface area contributed by atoms with Crippen molar-refractivity contribution >= 4 is 35.1 Å². The second-order valence-electron chi connectivity index (χ2n) is 8.34. The van der Waals surface area contributed by atoms with Crippen LogP contribution in [-0.2, 0) is 16.2 Å². The molecule has 5 nitrogen and oxygen atoms in total. The zero-order chi connectivity index (χ0) is 22.3. The molecule has 2 aliphatic rings. The van der Waals surface area contributed by atoms with Gasteiger partial charge in [-0.3, -0.25) is 9.69 Å². The second kappa shape index (κ2) is 8.02. The molecular formula is C26H25N3O2S. The molecule has 0 saturated carbocycles. The minimum atomic E-state index is -1.04. The molecule has 6 heteroatoms. The van der Waals surface area contributed by atoms with Crippen LogP contribution in [0, 0.1) is 13.8 Å². The van der Waals surface area contributed by atoms with Gasteiger partial charge in [-0.25, -0.2) is 4.79 Å². The van der Waals surface area contributed by atoms with Crippen LogP contribution in [0.4, 0.5) is 16.2 Å². The Kier molecular flexibility index (Phi) is 5.18. The summed E-state index contributed by atoms with van der Waals surface area (Å²) < 4.78 is 0. The first-order valence-corrected chi connectivity index (χ1v) is 11.7. The van der Waals surface area contributed by atoms with Crippen LogP contribution in [0.15, 0.2) is 72.8 Å². The number of rotatable bonds is 3. The minimum absolute atomic E-state index is 0.0506. The smallest absolute Gasteiger partial charge is 0.308 e. The number of hydrogen-bond acceptors (Lipinski definition) is 3. The van der Waals surface area contributed by atoms with Crippen molar-refractivity contribution in [2.24, 2.45) is 0 Å². The molecule has 1 saturated heterocycles. The number of urea groups is 1. The SMILES string of the molecule is Cc1cccc(CN2C(=O)[C@]3(SCCN3C(=O)Nc3ccccc3)c3cc(C)ccc32)c1. The van der Waals surface area contributed by atoms with Gasteiger partial charge in [0.1, 0.15) is 0 Å². The Labute approximate surface area is 192 Å². The molecule has 0 radical (unpaired) electrons. The van der Waals surface area contributed by atoms with E-state index < -0.39 is 4.87 Å². The third-order valence-corrected chi connectivity index (χ3v) is 7.46. The van der Waals surface area contributed by atoms with Gasteiger partial charge in [-0.15, -0.1) is 11.8 Å². The molecule has 3 aromatic rings. The maximum atomic E-state index is 14.0. The number of hydrogen-bond donors (Lipinski definition) is 1. The molecule has 0 aromatic heterocycles. The summed E-state index contributed by atoms with van der Waals surface area (Å²) in [6.07, 6.45) is 0. The van der Waals surface area contributed by atoms with Crippen LogP contribution in [0.5, 0.6) is 0 Å². The Hall–Kier alpha value is -3.25. The van der Waals surface area contributed by atoms with Crippen molar-refractivity contribution in [1.82, 2.24) is 4.90 Å². The number of para-hydroxylation sites is 1. The second-order valence-corrected chi connectivity index (χ2v) is 9.63. The van der Waals surface area contributed by atoms with Gasteiger partial charge >= 0.3 is 6.03 Å². The zero-order valence-electron chi connectivity index (χ0n) is 18.2. The van der Waals surface area contributed by atoms with Crippen LogP contribution in [0.1, 0.15) is 22.3 Å². The van der Waals surface area contributed by atoms with E-state index in [-0.39, 0.29) is 11.9 Å². The number of fused-ring (bicyclic) bond motifs is 2. The maximum Gasteiger partial charge on any atom is 0.323 e. The van der Waals surface area contributed by atoms with E-state index in [1.165, 1.54) is 0 Å². The van der Waals surface area contributed by atoms with Crippen molar-refractivity contribution in [3.05, 3.63) is 95.1 Å². The van der Waals surface area contributed by atoms with Crippen molar-refractivity contribution in [1.29, 1.82) is 0 Å². The van der Waals surface area contributed by atoms with Crippen LogP contribution in [0.25, 0.3) is 0 Å². The molecule has 2 aliphatic heterocycles. The van der Waals surface area contributed by atoms with E-state index in [9.17, 15) is 9.59 Å². The number of nitrogens with zero attached hydrogens (tertiary/aromatic N) is 2. The van der Waals surface area contributed by atoms with Crippen molar-refractivity contribution in [3.8, 4) is 0 Å². The van der Waals surface area contributed by atoms with Gasteiger partial charge in [-0.05, 0) is 37.6 Å². The maximum absolute atomic E-state index is 14.0. The molecule has 1 spiro atoms. The lowest BCUT2D eigenvalue weighted by Crippen LogP contribution is -2.51. The summed E-state index contributed by atoms with van der Waals surface area (Å²) in [5.74, 6) is 0.657. The van der Waals surface area contributed by atoms with Gasteiger partial charge in [0.05, 0.1) is 12.2 Å². The van der Waals surface area contributed by atoms with Gasteiger partial charge in [0, 0.05) is 23.5 Å². The monoisotopic (exact) mass is 443 g/mol. The third-order valence-electron chi connectivity index (χ3n) is 6.04.